The number of halogens is 2. The van der Waals surface area contributed by atoms with Crippen molar-refractivity contribution in [2.75, 3.05) is 13.7 Å². The standard InChI is InChI=1S/C16H17BrFNO2/c1-20-15-4-2-3-11(7-8-19)16(15)21-10-12-5-6-13(17)9-14(12)18/h2-6,9H,7-8,10,19H2,1H3. The Morgan fingerprint density at radius 1 is 1.19 bits per heavy atom. The average Bonchev–Trinajstić information content (AvgIpc) is 2.47. The molecule has 0 aliphatic carbocycles. The highest BCUT2D eigenvalue weighted by Crippen LogP contribution is 2.32. The van der Waals surface area contributed by atoms with Crippen LogP contribution in [-0.2, 0) is 13.0 Å². The molecule has 0 aliphatic rings. The molecule has 0 radical (unpaired) electrons. The first-order valence-corrected chi connectivity index (χ1v) is 7.37. The van der Waals surface area contributed by atoms with Crippen LogP contribution in [0.1, 0.15) is 11.1 Å². The second-order valence-electron chi connectivity index (χ2n) is 4.51. The third-order valence-corrected chi connectivity index (χ3v) is 3.57. The Bertz CT molecular complexity index is 619. The van der Waals surface area contributed by atoms with Gasteiger partial charge in [-0.3, -0.25) is 0 Å². The molecule has 2 rings (SSSR count). The molecule has 3 nitrogen and oxygen atoms in total. The largest absolute Gasteiger partial charge is 0.493 e. The van der Waals surface area contributed by atoms with Crippen molar-refractivity contribution < 1.29 is 13.9 Å². The van der Waals surface area contributed by atoms with Crippen molar-refractivity contribution >= 4 is 15.9 Å². The van der Waals surface area contributed by atoms with Gasteiger partial charge in [-0.25, -0.2) is 4.39 Å². The minimum absolute atomic E-state index is 0.136. The van der Waals surface area contributed by atoms with Gasteiger partial charge in [0.2, 0.25) is 0 Å². The monoisotopic (exact) mass is 353 g/mol. The molecule has 0 aromatic heterocycles. The molecule has 2 N–H and O–H groups in total. The van der Waals surface area contributed by atoms with Gasteiger partial charge in [0.05, 0.1) is 7.11 Å². The van der Waals surface area contributed by atoms with E-state index in [1.165, 1.54) is 6.07 Å². The van der Waals surface area contributed by atoms with E-state index in [0.29, 0.717) is 34.5 Å². The lowest BCUT2D eigenvalue weighted by Gasteiger charge is -2.15. The number of methoxy groups -OCH3 is 1. The predicted molar refractivity (Wildman–Crippen MR) is 84.2 cm³/mol. The van der Waals surface area contributed by atoms with E-state index >= 15 is 0 Å². The Morgan fingerprint density at radius 3 is 2.67 bits per heavy atom. The maximum absolute atomic E-state index is 13.8. The molecule has 0 saturated heterocycles. The van der Waals surface area contributed by atoms with Gasteiger partial charge in [0.25, 0.3) is 0 Å². The SMILES string of the molecule is COc1cccc(CCN)c1OCc1ccc(Br)cc1F. The van der Waals surface area contributed by atoms with E-state index in [1.54, 1.807) is 19.2 Å². The van der Waals surface area contributed by atoms with Crippen molar-refractivity contribution in [2.45, 2.75) is 13.0 Å². The summed E-state index contributed by atoms with van der Waals surface area (Å²) in [7, 11) is 1.58. The molecule has 0 spiro atoms. The van der Waals surface area contributed by atoms with Crippen LogP contribution in [0.3, 0.4) is 0 Å². The zero-order valence-corrected chi connectivity index (χ0v) is 13.3. The first kappa shape index (κ1) is 15.8. The lowest BCUT2D eigenvalue weighted by Crippen LogP contribution is -2.07. The van der Waals surface area contributed by atoms with Crippen LogP contribution in [0.5, 0.6) is 11.5 Å². The molecule has 0 unspecified atom stereocenters. The van der Waals surface area contributed by atoms with Crippen molar-refractivity contribution in [2.24, 2.45) is 5.73 Å². The highest BCUT2D eigenvalue weighted by molar-refractivity contribution is 9.10. The van der Waals surface area contributed by atoms with Gasteiger partial charge in [0, 0.05) is 10.0 Å². The lowest BCUT2D eigenvalue weighted by atomic mass is 10.1. The highest BCUT2D eigenvalue weighted by Gasteiger charge is 2.11. The van der Waals surface area contributed by atoms with Gasteiger partial charge < -0.3 is 15.2 Å². The fourth-order valence-electron chi connectivity index (χ4n) is 2.03. The minimum atomic E-state index is -0.306. The van der Waals surface area contributed by atoms with Crippen molar-refractivity contribution in [3.05, 3.63) is 57.8 Å². The predicted octanol–water partition coefficient (Wildman–Crippen LogP) is 3.68. The molecular weight excluding hydrogens is 337 g/mol. The zero-order chi connectivity index (χ0) is 15.2. The van der Waals surface area contributed by atoms with Gasteiger partial charge >= 0.3 is 0 Å². The number of hydrogen-bond acceptors (Lipinski definition) is 3. The van der Waals surface area contributed by atoms with Crippen LogP contribution < -0.4 is 15.2 Å². The van der Waals surface area contributed by atoms with Crippen molar-refractivity contribution in [1.29, 1.82) is 0 Å². The van der Waals surface area contributed by atoms with Gasteiger partial charge in [0.15, 0.2) is 11.5 Å². The molecule has 0 saturated carbocycles. The molecule has 21 heavy (non-hydrogen) atoms. The molecule has 0 bridgehead atoms. The third kappa shape index (κ3) is 3.95. The van der Waals surface area contributed by atoms with Crippen LogP contribution in [0.25, 0.3) is 0 Å². The van der Waals surface area contributed by atoms with Gasteiger partial charge in [0.1, 0.15) is 12.4 Å². The molecule has 0 heterocycles. The molecular formula is C16H17BrFNO2. The van der Waals surface area contributed by atoms with Crippen molar-refractivity contribution in [3.63, 3.8) is 0 Å². The molecule has 0 amide bonds. The molecule has 0 fully saturated rings. The summed E-state index contributed by atoms with van der Waals surface area (Å²) in [6.45, 7) is 0.646. The lowest BCUT2D eigenvalue weighted by molar-refractivity contribution is 0.276. The summed E-state index contributed by atoms with van der Waals surface area (Å²) < 4.78 is 25.6. The highest BCUT2D eigenvalue weighted by atomic mass is 79.9. The van der Waals surface area contributed by atoms with Crippen LogP contribution >= 0.6 is 15.9 Å². The molecule has 0 atom stereocenters. The fourth-order valence-corrected chi connectivity index (χ4v) is 2.36. The van der Waals surface area contributed by atoms with Gasteiger partial charge in [-0.2, -0.15) is 0 Å². The summed E-state index contributed by atoms with van der Waals surface area (Å²) in [5.74, 6) is 0.936. The number of hydrogen-bond donors (Lipinski definition) is 1. The number of para-hydroxylation sites is 1. The summed E-state index contributed by atoms with van der Waals surface area (Å²) in [6.07, 6.45) is 0.676. The number of ether oxygens (including phenoxy) is 2. The Labute approximate surface area is 132 Å². The smallest absolute Gasteiger partial charge is 0.164 e. The van der Waals surface area contributed by atoms with Crippen LogP contribution in [0, 0.1) is 5.82 Å². The van der Waals surface area contributed by atoms with Gasteiger partial charge in [-0.15, -0.1) is 0 Å². The number of rotatable bonds is 6. The normalized spacial score (nSPS) is 10.5. The van der Waals surface area contributed by atoms with Gasteiger partial charge in [-0.05, 0) is 36.7 Å². The van der Waals surface area contributed by atoms with Crippen molar-refractivity contribution in [3.8, 4) is 11.5 Å². The summed E-state index contributed by atoms with van der Waals surface area (Å²) in [5.41, 5.74) is 7.05. The Kier molecular flexibility index (Phi) is 5.59. The maximum atomic E-state index is 13.8. The average molecular weight is 354 g/mol. The van der Waals surface area contributed by atoms with E-state index < -0.39 is 0 Å². The Hall–Kier alpha value is -1.59. The van der Waals surface area contributed by atoms with Crippen LogP contribution in [-0.4, -0.2) is 13.7 Å². The fraction of sp³-hybridized carbons (Fsp3) is 0.250. The summed E-state index contributed by atoms with van der Waals surface area (Å²) in [6, 6.07) is 10.5. The van der Waals surface area contributed by atoms with Crippen LogP contribution in [0.15, 0.2) is 40.9 Å². The second-order valence-corrected chi connectivity index (χ2v) is 5.43. The molecule has 112 valence electrons. The number of benzene rings is 2. The topological polar surface area (TPSA) is 44.5 Å². The molecule has 2 aromatic rings. The van der Waals surface area contributed by atoms with E-state index in [0.717, 1.165) is 5.56 Å². The van der Waals surface area contributed by atoms with E-state index in [2.05, 4.69) is 15.9 Å². The Balaban J connectivity index is 2.22. The van der Waals surface area contributed by atoms with Crippen LogP contribution in [0.2, 0.25) is 0 Å². The molecule has 2 aromatic carbocycles. The second kappa shape index (κ2) is 7.43. The van der Waals surface area contributed by atoms with E-state index in [-0.39, 0.29) is 12.4 Å². The minimum Gasteiger partial charge on any atom is -0.493 e. The van der Waals surface area contributed by atoms with Crippen molar-refractivity contribution in [1.82, 2.24) is 0 Å². The van der Waals surface area contributed by atoms with Gasteiger partial charge in [-0.1, -0.05) is 34.1 Å². The van der Waals surface area contributed by atoms with E-state index in [4.69, 9.17) is 15.2 Å². The Morgan fingerprint density at radius 2 is 2.00 bits per heavy atom. The zero-order valence-electron chi connectivity index (χ0n) is 11.7. The van der Waals surface area contributed by atoms with E-state index in [9.17, 15) is 4.39 Å². The molecule has 5 heteroatoms. The van der Waals surface area contributed by atoms with Crippen LogP contribution in [0.4, 0.5) is 4.39 Å². The first-order chi connectivity index (χ1) is 10.2. The third-order valence-electron chi connectivity index (χ3n) is 3.08. The maximum Gasteiger partial charge on any atom is 0.164 e. The first-order valence-electron chi connectivity index (χ1n) is 6.58. The summed E-state index contributed by atoms with van der Waals surface area (Å²) in [5, 5.41) is 0. The number of nitrogens with two attached hydrogens (primary N) is 1. The molecule has 0 aliphatic heterocycles. The quantitative estimate of drug-likeness (QED) is 0.861. The van der Waals surface area contributed by atoms with E-state index in [1.807, 2.05) is 18.2 Å². The summed E-state index contributed by atoms with van der Waals surface area (Å²) in [4.78, 5) is 0. The summed E-state index contributed by atoms with van der Waals surface area (Å²) >= 11 is 3.23.